The Bertz CT molecular complexity index is 416. The first-order valence-corrected chi connectivity index (χ1v) is 5.85. The predicted octanol–water partition coefficient (Wildman–Crippen LogP) is 3.42. The van der Waals surface area contributed by atoms with Gasteiger partial charge in [0, 0.05) is 10.6 Å². The molecule has 2 nitrogen and oxygen atoms in total. The van der Waals surface area contributed by atoms with E-state index >= 15 is 0 Å². The van der Waals surface area contributed by atoms with Gasteiger partial charge in [0.2, 0.25) is 0 Å². The summed E-state index contributed by atoms with van der Waals surface area (Å²) < 4.78 is 0. The third-order valence-corrected chi connectivity index (χ3v) is 3.04. The third kappa shape index (κ3) is 3.22. The van der Waals surface area contributed by atoms with Crippen LogP contribution in [0.1, 0.15) is 5.69 Å². The first-order chi connectivity index (χ1) is 7.34. The van der Waals surface area contributed by atoms with Crippen LogP contribution in [0.25, 0.3) is 0 Å². The van der Waals surface area contributed by atoms with Crippen LogP contribution >= 0.6 is 23.4 Å². The number of benzene rings is 1. The van der Waals surface area contributed by atoms with E-state index < -0.39 is 0 Å². The van der Waals surface area contributed by atoms with Crippen LogP contribution in [0, 0.1) is 0 Å². The fraction of sp³-hybridized carbons (Fsp3) is 0.0909. The standard InChI is InChI=1S/C11H9ClN2S/c12-11-7-13-9(6-14-11)8-15-10-4-2-1-3-5-10/h1-7H,8H2. The zero-order valence-electron chi connectivity index (χ0n) is 7.93. The van der Waals surface area contributed by atoms with Crippen molar-refractivity contribution < 1.29 is 0 Å². The molecule has 15 heavy (non-hydrogen) atoms. The second kappa shape index (κ2) is 5.14. The lowest BCUT2D eigenvalue weighted by Crippen LogP contribution is -1.88. The minimum atomic E-state index is 0.434. The highest BCUT2D eigenvalue weighted by Crippen LogP contribution is 2.20. The monoisotopic (exact) mass is 236 g/mol. The second-order valence-electron chi connectivity index (χ2n) is 2.93. The number of aromatic nitrogens is 2. The van der Waals surface area contributed by atoms with Crippen LogP contribution < -0.4 is 0 Å². The van der Waals surface area contributed by atoms with Gasteiger partial charge in [-0.1, -0.05) is 29.8 Å². The molecule has 76 valence electrons. The fourth-order valence-corrected chi connectivity index (χ4v) is 2.00. The molecule has 0 aliphatic carbocycles. The van der Waals surface area contributed by atoms with Gasteiger partial charge < -0.3 is 0 Å². The van der Waals surface area contributed by atoms with Gasteiger partial charge >= 0.3 is 0 Å². The minimum absolute atomic E-state index is 0.434. The maximum absolute atomic E-state index is 5.65. The molecule has 0 aliphatic heterocycles. The minimum Gasteiger partial charge on any atom is -0.256 e. The molecule has 0 radical (unpaired) electrons. The van der Waals surface area contributed by atoms with Crippen molar-refractivity contribution in [2.24, 2.45) is 0 Å². The van der Waals surface area contributed by atoms with Crippen LogP contribution in [0.5, 0.6) is 0 Å². The molecule has 0 spiro atoms. The van der Waals surface area contributed by atoms with Crippen LogP contribution in [0.2, 0.25) is 5.15 Å². The summed E-state index contributed by atoms with van der Waals surface area (Å²) in [6.45, 7) is 0. The van der Waals surface area contributed by atoms with Gasteiger partial charge in [-0.2, -0.15) is 0 Å². The van der Waals surface area contributed by atoms with Gasteiger partial charge in [-0.05, 0) is 12.1 Å². The maximum atomic E-state index is 5.65. The number of hydrogen-bond donors (Lipinski definition) is 0. The molecule has 0 aliphatic rings. The Labute approximate surface area is 97.7 Å². The van der Waals surface area contributed by atoms with Crippen LogP contribution in [0.3, 0.4) is 0 Å². The molecule has 4 heteroatoms. The molecule has 0 unspecified atom stereocenters. The Morgan fingerprint density at radius 3 is 2.53 bits per heavy atom. The van der Waals surface area contributed by atoms with E-state index in [2.05, 4.69) is 22.1 Å². The van der Waals surface area contributed by atoms with E-state index in [1.54, 1.807) is 24.2 Å². The van der Waals surface area contributed by atoms with E-state index in [4.69, 9.17) is 11.6 Å². The molecule has 1 aromatic carbocycles. The third-order valence-electron chi connectivity index (χ3n) is 1.80. The van der Waals surface area contributed by atoms with Gasteiger partial charge in [-0.3, -0.25) is 4.98 Å². The average Bonchev–Trinajstić information content (AvgIpc) is 2.30. The van der Waals surface area contributed by atoms with Crippen LogP contribution in [0.4, 0.5) is 0 Å². The summed E-state index contributed by atoms with van der Waals surface area (Å²) in [6.07, 6.45) is 3.28. The molecule has 0 fully saturated rings. The van der Waals surface area contributed by atoms with E-state index in [1.807, 2.05) is 18.2 Å². The smallest absolute Gasteiger partial charge is 0.147 e. The lowest BCUT2D eigenvalue weighted by molar-refractivity contribution is 1.10. The summed E-state index contributed by atoms with van der Waals surface area (Å²) in [4.78, 5) is 9.39. The van der Waals surface area contributed by atoms with Crippen molar-refractivity contribution in [1.82, 2.24) is 9.97 Å². The highest BCUT2D eigenvalue weighted by Gasteiger charge is 1.97. The summed E-state index contributed by atoms with van der Waals surface area (Å²) in [6, 6.07) is 10.2. The molecule has 0 N–H and O–H groups in total. The zero-order chi connectivity index (χ0) is 10.5. The summed E-state index contributed by atoms with van der Waals surface area (Å²) >= 11 is 7.38. The maximum Gasteiger partial charge on any atom is 0.147 e. The van der Waals surface area contributed by atoms with Crippen molar-refractivity contribution in [1.29, 1.82) is 0 Å². The quantitative estimate of drug-likeness (QED) is 0.764. The Morgan fingerprint density at radius 1 is 1.07 bits per heavy atom. The van der Waals surface area contributed by atoms with Crippen molar-refractivity contribution in [3.8, 4) is 0 Å². The Balaban J connectivity index is 1.96. The second-order valence-corrected chi connectivity index (χ2v) is 4.37. The highest BCUT2D eigenvalue weighted by atomic mass is 35.5. The van der Waals surface area contributed by atoms with Crippen molar-refractivity contribution in [2.75, 3.05) is 0 Å². The Morgan fingerprint density at radius 2 is 1.87 bits per heavy atom. The topological polar surface area (TPSA) is 25.8 Å². The molecular weight excluding hydrogens is 228 g/mol. The van der Waals surface area contributed by atoms with Crippen LogP contribution in [-0.2, 0) is 5.75 Å². The lowest BCUT2D eigenvalue weighted by Gasteiger charge is -2.00. The fourth-order valence-electron chi connectivity index (χ4n) is 1.09. The van der Waals surface area contributed by atoms with Gasteiger partial charge in [-0.25, -0.2) is 4.98 Å². The largest absolute Gasteiger partial charge is 0.256 e. The van der Waals surface area contributed by atoms with Gasteiger partial charge in [0.05, 0.1) is 18.1 Å². The number of thioether (sulfide) groups is 1. The molecule has 1 heterocycles. The normalized spacial score (nSPS) is 10.2. The molecular formula is C11H9ClN2S. The number of hydrogen-bond acceptors (Lipinski definition) is 3. The molecule has 0 saturated carbocycles. The molecule has 1 aromatic heterocycles. The number of rotatable bonds is 3. The van der Waals surface area contributed by atoms with Crippen LogP contribution in [-0.4, -0.2) is 9.97 Å². The first kappa shape index (κ1) is 10.5. The average molecular weight is 237 g/mol. The summed E-state index contributed by atoms with van der Waals surface area (Å²) in [5, 5.41) is 0.434. The first-order valence-electron chi connectivity index (χ1n) is 4.49. The molecule has 0 atom stereocenters. The SMILES string of the molecule is Clc1cnc(CSc2ccccc2)cn1. The van der Waals surface area contributed by atoms with E-state index in [1.165, 1.54) is 4.90 Å². The van der Waals surface area contributed by atoms with Crippen molar-refractivity contribution >= 4 is 23.4 Å². The van der Waals surface area contributed by atoms with Gasteiger partial charge in [-0.15, -0.1) is 11.8 Å². The molecule has 0 saturated heterocycles. The van der Waals surface area contributed by atoms with E-state index in [9.17, 15) is 0 Å². The number of nitrogens with zero attached hydrogens (tertiary/aromatic N) is 2. The summed E-state index contributed by atoms with van der Waals surface area (Å²) in [7, 11) is 0. The Kier molecular flexibility index (Phi) is 3.59. The molecule has 0 bridgehead atoms. The highest BCUT2D eigenvalue weighted by molar-refractivity contribution is 7.98. The van der Waals surface area contributed by atoms with E-state index in [0.29, 0.717) is 5.15 Å². The van der Waals surface area contributed by atoms with Crippen molar-refractivity contribution in [2.45, 2.75) is 10.6 Å². The molecule has 0 amide bonds. The van der Waals surface area contributed by atoms with Gasteiger partial charge in [0.1, 0.15) is 5.15 Å². The van der Waals surface area contributed by atoms with Crippen molar-refractivity contribution in [3.63, 3.8) is 0 Å². The summed E-state index contributed by atoms with van der Waals surface area (Å²) in [5.41, 5.74) is 0.938. The number of halogens is 1. The van der Waals surface area contributed by atoms with Crippen molar-refractivity contribution in [3.05, 3.63) is 53.6 Å². The van der Waals surface area contributed by atoms with Gasteiger partial charge in [0.15, 0.2) is 0 Å². The van der Waals surface area contributed by atoms with E-state index in [0.717, 1.165) is 11.4 Å². The Hall–Kier alpha value is -1.06. The van der Waals surface area contributed by atoms with Gasteiger partial charge in [0.25, 0.3) is 0 Å². The molecule has 2 aromatic rings. The zero-order valence-corrected chi connectivity index (χ0v) is 9.50. The molecule has 2 rings (SSSR count). The van der Waals surface area contributed by atoms with Crippen LogP contribution in [0.15, 0.2) is 47.6 Å². The lowest BCUT2D eigenvalue weighted by atomic mass is 10.4. The summed E-state index contributed by atoms with van der Waals surface area (Å²) in [5.74, 6) is 0.814. The van der Waals surface area contributed by atoms with E-state index in [-0.39, 0.29) is 0 Å². The predicted molar refractivity (Wildman–Crippen MR) is 63.0 cm³/mol.